The molecule has 2 heteroatoms. The van der Waals surface area contributed by atoms with Gasteiger partial charge < -0.3 is 6.15 Å². The Labute approximate surface area is 138 Å². The molecule has 1 rings (SSSR count). The zero-order chi connectivity index (χ0) is 13.6. The summed E-state index contributed by atoms with van der Waals surface area (Å²) in [6, 6.07) is 10.9. The van der Waals surface area contributed by atoms with Gasteiger partial charge in [-0.2, -0.15) is 0 Å². The van der Waals surface area contributed by atoms with Crippen LogP contribution < -0.4 is 6.15 Å². The number of aryl methyl sites for hydroxylation is 1. The van der Waals surface area contributed by atoms with Gasteiger partial charge in [0.1, 0.15) is 0 Å². The summed E-state index contributed by atoms with van der Waals surface area (Å²) in [6.07, 6.45) is 17.0. The summed E-state index contributed by atoms with van der Waals surface area (Å²) in [5.41, 5.74) is 1.50. The number of unbranched alkanes of at least 4 members (excludes halogenated alkanes) is 10. The lowest BCUT2D eigenvalue weighted by molar-refractivity contribution is 0.549. The molecule has 0 aliphatic heterocycles. The molecule has 0 amide bonds. The lowest BCUT2D eigenvalue weighted by Crippen LogP contribution is -1.86. The van der Waals surface area contributed by atoms with Crippen molar-refractivity contribution in [1.29, 1.82) is 0 Å². The summed E-state index contributed by atoms with van der Waals surface area (Å²) in [7, 11) is 0. The normalized spacial score (nSPS) is 9.76. The van der Waals surface area contributed by atoms with Crippen LogP contribution in [0.5, 0.6) is 0 Å². The van der Waals surface area contributed by atoms with Crippen LogP contribution in [0.2, 0.25) is 0 Å². The highest BCUT2D eigenvalue weighted by atomic mass is 35.5. The molecule has 0 saturated carbocycles. The Bertz CT molecular complexity index is 287. The molecule has 21 heavy (non-hydrogen) atoms. The summed E-state index contributed by atoms with van der Waals surface area (Å²) in [4.78, 5) is 0. The van der Waals surface area contributed by atoms with Crippen molar-refractivity contribution in [3.8, 4) is 0 Å². The smallest absolute Gasteiger partial charge is 0.0279 e. The number of hydrogen-bond acceptors (Lipinski definition) is 1. The van der Waals surface area contributed by atoms with Crippen LogP contribution >= 0.6 is 12.4 Å². The minimum Gasteiger partial charge on any atom is -0.344 e. The van der Waals surface area contributed by atoms with E-state index in [0.29, 0.717) is 0 Å². The largest absolute Gasteiger partial charge is 0.344 e. The van der Waals surface area contributed by atoms with E-state index in [-0.39, 0.29) is 18.6 Å². The molecule has 1 aromatic carbocycles. The van der Waals surface area contributed by atoms with Gasteiger partial charge in [-0.05, 0) is 18.4 Å². The Hall–Kier alpha value is -0.530. The first-order valence-corrected chi connectivity index (χ1v) is 8.47. The van der Waals surface area contributed by atoms with Gasteiger partial charge in [0.25, 0.3) is 0 Å². The van der Waals surface area contributed by atoms with Crippen LogP contribution in [-0.4, -0.2) is 0 Å². The van der Waals surface area contributed by atoms with E-state index >= 15 is 0 Å². The SMILES string of the molecule is CCCCCCCCCCCCCc1ccccc1.Cl.N. The zero-order valence-electron chi connectivity index (χ0n) is 14.0. The second-order valence-electron chi connectivity index (χ2n) is 5.77. The van der Waals surface area contributed by atoms with Crippen molar-refractivity contribution in [2.45, 2.75) is 84.0 Å². The third kappa shape index (κ3) is 14.2. The topological polar surface area (TPSA) is 35.0 Å². The summed E-state index contributed by atoms with van der Waals surface area (Å²) < 4.78 is 0. The molecule has 0 aliphatic carbocycles. The maximum absolute atomic E-state index is 2.29. The molecule has 3 N–H and O–H groups in total. The van der Waals surface area contributed by atoms with E-state index < -0.39 is 0 Å². The van der Waals surface area contributed by atoms with Gasteiger partial charge in [0.05, 0.1) is 0 Å². The molecule has 0 radical (unpaired) electrons. The third-order valence-corrected chi connectivity index (χ3v) is 3.91. The Morgan fingerprint density at radius 2 is 1.05 bits per heavy atom. The fourth-order valence-electron chi connectivity index (χ4n) is 2.64. The van der Waals surface area contributed by atoms with E-state index in [1.165, 1.54) is 82.6 Å². The van der Waals surface area contributed by atoms with E-state index in [1.54, 1.807) is 0 Å². The monoisotopic (exact) mass is 313 g/mol. The van der Waals surface area contributed by atoms with Crippen molar-refractivity contribution in [1.82, 2.24) is 6.15 Å². The van der Waals surface area contributed by atoms with Crippen LogP contribution in [0.25, 0.3) is 0 Å². The highest BCUT2D eigenvalue weighted by Gasteiger charge is 1.94. The van der Waals surface area contributed by atoms with Crippen LogP contribution in [0, 0.1) is 0 Å². The van der Waals surface area contributed by atoms with Crippen LogP contribution in [0.15, 0.2) is 30.3 Å². The van der Waals surface area contributed by atoms with Crippen molar-refractivity contribution in [2.24, 2.45) is 0 Å². The molecule has 0 saturated heterocycles. The Morgan fingerprint density at radius 1 is 0.619 bits per heavy atom. The van der Waals surface area contributed by atoms with Crippen molar-refractivity contribution >= 4 is 12.4 Å². The van der Waals surface area contributed by atoms with E-state index in [2.05, 4.69) is 37.3 Å². The molecule has 0 atom stereocenters. The number of benzene rings is 1. The molecule has 0 bridgehead atoms. The van der Waals surface area contributed by atoms with Gasteiger partial charge >= 0.3 is 0 Å². The molecule has 0 unspecified atom stereocenters. The number of halogens is 1. The van der Waals surface area contributed by atoms with Crippen LogP contribution in [0.1, 0.15) is 83.1 Å². The quantitative estimate of drug-likeness (QED) is 0.409. The molecule has 0 heterocycles. The molecule has 0 aromatic heterocycles. The fourth-order valence-corrected chi connectivity index (χ4v) is 2.64. The Morgan fingerprint density at radius 3 is 1.52 bits per heavy atom. The second kappa shape index (κ2) is 17.5. The van der Waals surface area contributed by atoms with Crippen molar-refractivity contribution < 1.29 is 0 Å². The molecule has 1 nitrogen and oxygen atoms in total. The number of rotatable bonds is 12. The van der Waals surface area contributed by atoms with Crippen molar-refractivity contribution in [3.63, 3.8) is 0 Å². The maximum Gasteiger partial charge on any atom is -0.0279 e. The van der Waals surface area contributed by atoms with E-state index in [9.17, 15) is 0 Å². The van der Waals surface area contributed by atoms with E-state index in [0.717, 1.165) is 0 Å². The van der Waals surface area contributed by atoms with Crippen LogP contribution in [0.4, 0.5) is 0 Å². The molecule has 0 aliphatic rings. The van der Waals surface area contributed by atoms with E-state index in [1.807, 2.05) is 0 Å². The van der Waals surface area contributed by atoms with Gasteiger partial charge in [0, 0.05) is 0 Å². The first kappa shape index (κ1) is 22.7. The average molecular weight is 314 g/mol. The van der Waals surface area contributed by atoms with Crippen molar-refractivity contribution in [3.05, 3.63) is 35.9 Å². The van der Waals surface area contributed by atoms with Gasteiger partial charge in [0.15, 0.2) is 0 Å². The molecule has 1 aromatic rings. The van der Waals surface area contributed by atoms with Crippen molar-refractivity contribution in [2.75, 3.05) is 0 Å². The Balaban J connectivity index is 0. The Kier molecular flexibility index (Phi) is 19.0. The molecule has 0 spiro atoms. The number of hydrogen-bond donors (Lipinski definition) is 1. The lowest BCUT2D eigenvalue weighted by atomic mass is 10.0. The standard InChI is InChI=1S/C19H32.ClH.H3N/c1-2-3-4-5-6-7-8-9-10-11-13-16-19-17-14-12-15-18-19;;/h12,14-15,17-18H,2-11,13,16H2,1H3;1H;1H3. The van der Waals surface area contributed by atoms with E-state index in [4.69, 9.17) is 0 Å². The predicted molar refractivity (Wildman–Crippen MR) is 98.9 cm³/mol. The highest BCUT2D eigenvalue weighted by molar-refractivity contribution is 5.85. The minimum absolute atomic E-state index is 0. The summed E-state index contributed by atoms with van der Waals surface area (Å²) in [5, 5.41) is 0. The van der Waals surface area contributed by atoms with Gasteiger partial charge in [0.2, 0.25) is 0 Å². The minimum atomic E-state index is 0. The predicted octanol–water partition coefficient (Wildman–Crippen LogP) is 7.12. The molecule has 124 valence electrons. The summed E-state index contributed by atoms with van der Waals surface area (Å²) in [6.45, 7) is 2.29. The summed E-state index contributed by atoms with van der Waals surface area (Å²) >= 11 is 0. The van der Waals surface area contributed by atoms with Gasteiger partial charge in [-0.25, -0.2) is 0 Å². The third-order valence-electron chi connectivity index (χ3n) is 3.91. The second-order valence-corrected chi connectivity index (χ2v) is 5.77. The zero-order valence-corrected chi connectivity index (χ0v) is 14.8. The molecule has 0 fully saturated rings. The average Bonchev–Trinajstić information content (AvgIpc) is 2.46. The molecular weight excluding hydrogens is 278 g/mol. The first-order chi connectivity index (χ1) is 9.43. The van der Waals surface area contributed by atoms with Gasteiger partial charge in [-0.1, -0.05) is 101 Å². The van der Waals surface area contributed by atoms with Crippen LogP contribution in [0.3, 0.4) is 0 Å². The van der Waals surface area contributed by atoms with Gasteiger partial charge in [-0.15, -0.1) is 12.4 Å². The fraction of sp³-hybridized carbons (Fsp3) is 0.684. The highest BCUT2D eigenvalue weighted by Crippen LogP contribution is 2.12. The van der Waals surface area contributed by atoms with Crippen LogP contribution in [-0.2, 0) is 6.42 Å². The van der Waals surface area contributed by atoms with Gasteiger partial charge in [-0.3, -0.25) is 0 Å². The maximum atomic E-state index is 2.29. The first-order valence-electron chi connectivity index (χ1n) is 8.47. The summed E-state index contributed by atoms with van der Waals surface area (Å²) in [5.74, 6) is 0. The molecular formula is C19H36ClN. The lowest BCUT2D eigenvalue weighted by Gasteiger charge is -2.03.